The molecule has 1 aromatic carbocycles. The zero-order chi connectivity index (χ0) is 15.3. The molecule has 1 unspecified atom stereocenters. The van der Waals surface area contributed by atoms with Crippen LogP contribution in [0.15, 0.2) is 54.9 Å². The van der Waals surface area contributed by atoms with E-state index in [-0.39, 0.29) is 5.91 Å². The molecule has 0 saturated heterocycles. The summed E-state index contributed by atoms with van der Waals surface area (Å²) >= 11 is 0. The van der Waals surface area contributed by atoms with Crippen molar-refractivity contribution in [1.82, 2.24) is 10.3 Å². The molecule has 1 heterocycles. The fourth-order valence-electron chi connectivity index (χ4n) is 2.02. The van der Waals surface area contributed by atoms with E-state index in [4.69, 9.17) is 4.74 Å². The van der Waals surface area contributed by atoms with Crippen LogP contribution in [0.5, 0.6) is 0 Å². The Morgan fingerprint density at radius 1 is 1.10 bits per heavy atom. The molecule has 0 radical (unpaired) electrons. The highest BCUT2D eigenvalue weighted by Crippen LogP contribution is 2.22. The molecule has 1 aromatic heterocycles. The van der Waals surface area contributed by atoms with Gasteiger partial charge in [0, 0.05) is 18.0 Å². The number of carbonyl (C=O) groups excluding carboxylic acids is 2. The third-order valence-electron chi connectivity index (χ3n) is 3.25. The minimum atomic E-state index is -1.27. The Kier molecular flexibility index (Phi) is 4.33. The highest BCUT2D eigenvalue weighted by molar-refractivity contribution is 5.98. The zero-order valence-corrected chi connectivity index (χ0v) is 11.9. The topological polar surface area (TPSA) is 68.3 Å². The number of amides is 1. The van der Waals surface area contributed by atoms with Crippen molar-refractivity contribution in [3.8, 4) is 0 Å². The first kappa shape index (κ1) is 14.7. The van der Waals surface area contributed by atoms with Crippen LogP contribution in [0.25, 0.3) is 0 Å². The summed E-state index contributed by atoms with van der Waals surface area (Å²) in [4.78, 5) is 28.4. The average Bonchev–Trinajstić information content (AvgIpc) is 2.55. The lowest BCUT2D eigenvalue weighted by atomic mass is 9.92. The molecular weight excluding hydrogens is 268 g/mol. The van der Waals surface area contributed by atoms with Gasteiger partial charge in [-0.1, -0.05) is 18.2 Å². The summed E-state index contributed by atoms with van der Waals surface area (Å²) in [6.45, 7) is 1.61. The number of ether oxygens (including phenoxy) is 1. The second-order valence-electron chi connectivity index (χ2n) is 4.67. The molecule has 0 spiro atoms. The van der Waals surface area contributed by atoms with Crippen LogP contribution in [0.2, 0.25) is 0 Å². The Morgan fingerprint density at radius 2 is 1.71 bits per heavy atom. The van der Waals surface area contributed by atoms with Crippen molar-refractivity contribution in [3.63, 3.8) is 0 Å². The Labute approximate surface area is 123 Å². The van der Waals surface area contributed by atoms with E-state index in [9.17, 15) is 9.59 Å². The summed E-state index contributed by atoms with van der Waals surface area (Å²) in [7, 11) is 1.29. The van der Waals surface area contributed by atoms with Crippen molar-refractivity contribution in [1.29, 1.82) is 0 Å². The van der Waals surface area contributed by atoms with Crippen LogP contribution in [0.1, 0.15) is 22.8 Å². The quantitative estimate of drug-likeness (QED) is 0.871. The van der Waals surface area contributed by atoms with Crippen LogP contribution < -0.4 is 5.32 Å². The summed E-state index contributed by atoms with van der Waals surface area (Å²) in [6, 6.07) is 12.0. The molecule has 1 amide bonds. The largest absolute Gasteiger partial charge is 0.467 e. The van der Waals surface area contributed by atoms with E-state index in [1.165, 1.54) is 7.11 Å². The van der Waals surface area contributed by atoms with Gasteiger partial charge in [-0.25, -0.2) is 4.79 Å². The molecule has 0 aliphatic heterocycles. The number of esters is 1. The lowest BCUT2D eigenvalue weighted by Crippen LogP contribution is -2.50. The second kappa shape index (κ2) is 6.17. The molecule has 1 atom stereocenters. The maximum absolute atomic E-state index is 12.3. The molecule has 5 heteroatoms. The molecule has 0 saturated carbocycles. The smallest absolute Gasteiger partial charge is 0.336 e. The maximum atomic E-state index is 12.3. The molecule has 108 valence electrons. The number of aromatic nitrogens is 1. The van der Waals surface area contributed by atoms with Crippen molar-refractivity contribution in [2.24, 2.45) is 0 Å². The summed E-state index contributed by atoms with van der Waals surface area (Å²) in [5.41, 5.74) is -0.194. The van der Waals surface area contributed by atoms with E-state index in [1.54, 1.807) is 55.7 Å². The molecule has 0 aliphatic carbocycles. The summed E-state index contributed by atoms with van der Waals surface area (Å²) in [6.07, 6.45) is 3.12. The highest BCUT2D eigenvalue weighted by Gasteiger charge is 2.38. The number of methoxy groups -OCH3 is 1. The van der Waals surface area contributed by atoms with Crippen LogP contribution in [0.4, 0.5) is 0 Å². The monoisotopic (exact) mass is 284 g/mol. The number of nitrogens with one attached hydrogen (secondary N) is 1. The highest BCUT2D eigenvalue weighted by atomic mass is 16.5. The fourth-order valence-corrected chi connectivity index (χ4v) is 2.02. The third kappa shape index (κ3) is 3.08. The fraction of sp³-hybridized carbons (Fsp3) is 0.188. The lowest BCUT2D eigenvalue weighted by molar-refractivity contribution is -0.148. The van der Waals surface area contributed by atoms with Crippen molar-refractivity contribution in [3.05, 3.63) is 66.0 Å². The van der Waals surface area contributed by atoms with Crippen molar-refractivity contribution >= 4 is 11.9 Å². The van der Waals surface area contributed by atoms with E-state index in [1.807, 2.05) is 6.07 Å². The first-order valence-corrected chi connectivity index (χ1v) is 6.44. The molecular formula is C16H16N2O3. The number of pyridine rings is 1. The lowest BCUT2D eigenvalue weighted by Gasteiger charge is -2.28. The predicted octanol–water partition coefficient (Wildman–Crippen LogP) is 1.90. The third-order valence-corrected chi connectivity index (χ3v) is 3.25. The standard InChI is InChI=1S/C16H16N2O3/c1-16(15(20)21-2,13-8-10-17-11-9-13)18-14(19)12-6-4-3-5-7-12/h3-11H,1-2H3,(H,18,19). The van der Waals surface area contributed by atoms with E-state index in [0.29, 0.717) is 11.1 Å². The predicted molar refractivity (Wildman–Crippen MR) is 77.5 cm³/mol. The van der Waals surface area contributed by atoms with Gasteiger partial charge in [-0.05, 0) is 36.8 Å². The van der Waals surface area contributed by atoms with Gasteiger partial charge in [-0.3, -0.25) is 9.78 Å². The number of benzene rings is 1. The SMILES string of the molecule is COC(=O)C(C)(NC(=O)c1ccccc1)c1ccncc1. The van der Waals surface area contributed by atoms with Gasteiger partial charge < -0.3 is 10.1 Å². The molecule has 0 bridgehead atoms. The first-order valence-electron chi connectivity index (χ1n) is 6.44. The van der Waals surface area contributed by atoms with Gasteiger partial charge in [-0.2, -0.15) is 0 Å². The Bertz CT molecular complexity index is 628. The van der Waals surface area contributed by atoms with Gasteiger partial charge in [0.25, 0.3) is 5.91 Å². The van der Waals surface area contributed by atoms with Crippen molar-refractivity contribution in [2.75, 3.05) is 7.11 Å². The minimum absolute atomic E-state index is 0.347. The zero-order valence-electron chi connectivity index (χ0n) is 11.9. The van der Waals surface area contributed by atoms with Crippen LogP contribution in [0, 0.1) is 0 Å². The normalized spacial score (nSPS) is 13.0. The van der Waals surface area contributed by atoms with E-state index in [0.717, 1.165) is 0 Å². The van der Waals surface area contributed by atoms with Crippen LogP contribution in [0.3, 0.4) is 0 Å². The number of rotatable bonds is 4. The Hall–Kier alpha value is -2.69. The van der Waals surface area contributed by atoms with E-state index in [2.05, 4.69) is 10.3 Å². The maximum Gasteiger partial charge on any atom is 0.336 e. The molecule has 2 rings (SSSR count). The van der Waals surface area contributed by atoms with Gasteiger partial charge in [0.15, 0.2) is 5.54 Å². The van der Waals surface area contributed by atoms with Gasteiger partial charge in [0.2, 0.25) is 0 Å². The van der Waals surface area contributed by atoms with E-state index < -0.39 is 11.5 Å². The molecule has 0 fully saturated rings. The van der Waals surface area contributed by atoms with Crippen LogP contribution >= 0.6 is 0 Å². The average molecular weight is 284 g/mol. The Balaban J connectivity index is 2.34. The number of carbonyl (C=O) groups is 2. The second-order valence-corrected chi connectivity index (χ2v) is 4.67. The molecule has 1 N–H and O–H groups in total. The van der Waals surface area contributed by atoms with Crippen LogP contribution in [-0.4, -0.2) is 24.0 Å². The van der Waals surface area contributed by atoms with E-state index >= 15 is 0 Å². The van der Waals surface area contributed by atoms with Gasteiger partial charge in [0.1, 0.15) is 0 Å². The number of hydrogen-bond donors (Lipinski definition) is 1. The minimum Gasteiger partial charge on any atom is -0.467 e. The molecule has 2 aromatic rings. The van der Waals surface area contributed by atoms with Crippen molar-refractivity contribution in [2.45, 2.75) is 12.5 Å². The van der Waals surface area contributed by atoms with Crippen LogP contribution in [-0.2, 0) is 15.1 Å². The summed E-state index contributed by atoms with van der Waals surface area (Å²) in [5, 5.41) is 2.74. The molecule has 0 aliphatic rings. The van der Waals surface area contributed by atoms with Crippen molar-refractivity contribution < 1.29 is 14.3 Å². The molecule has 5 nitrogen and oxygen atoms in total. The number of hydrogen-bond acceptors (Lipinski definition) is 4. The summed E-state index contributed by atoms with van der Waals surface area (Å²) in [5.74, 6) is -0.890. The summed E-state index contributed by atoms with van der Waals surface area (Å²) < 4.78 is 4.83. The first-order chi connectivity index (χ1) is 10.1. The Morgan fingerprint density at radius 3 is 2.29 bits per heavy atom. The van der Waals surface area contributed by atoms with Gasteiger partial charge in [0.05, 0.1) is 7.11 Å². The van der Waals surface area contributed by atoms with Gasteiger partial charge in [-0.15, -0.1) is 0 Å². The number of nitrogens with zero attached hydrogens (tertiary/aromatic N) is 1. The molecule has 21 heavy (non-hydrogen) atoms. The van der Waals surface area contributed by atoms with Gasteiger partial charge >= 0.3 is 5.97 Å².